The number of sulfonamides is 1. The van der Waals surface area contributed by atoms with E-state index in [9.17, 15) is 8.42 Å². The SMILES string of the molecule is Cn1nc(CNS(=O)(=O)c2ccccc2Cl)cc1-c1ccncc1. The second-order valence-corrected chi connectivity index (χ2v) is 7.28. The van der Waals surface area contributed by atoms with E-state index in [1.807, 2.05) is 25.2 Å². The molecule has 0 saturated heterocycles. The van der Waals surface area contributed by atoms with Crippen LogP contribution in [-0.4, -0.2) is 23.2 Å². The maximum atomic E-state index is 12.3. The Morgan fingerprint density at radius 2 is 1.88 bits per heavy atom. The quantitative estimate of drug-likeness (QED) is 0.756. The van der Waals surface area contributed by atoms with Crippen molar-refractivity contribution in [2.75, 3.05) is 0 Å². The molecule has 0 unspecified atom stereocenters. The maximum absolute atomic E-state index is 12.3. The molecular weight excluding hydrogens is 348 g/mol. The minimum absolute atomic E-state index is 0.0527. The molecule has 0 bridgehead atoms. The van der Waals surface area contributed by atoms with Gasteiger partial charge in [-0.15, -0.1) is 0 Å². The van der Waals surface area contributed by atoms with Gasteiger partial charge in [-0.25, -0.2) is 13.1 Å². The molecule has 2 aromatic heterocycles. The van der Waals surface area contributed by atoms with Crippen LogP contribution >= 0.6 is 11.6 Å². The summed E-state index contributed by atoms with van der Waals surface area (Å²) in [5, 5.41) is 4.53. The lowest BCUT2D eigenvalue weighted by atomic mass is 10.2. The average Bonchev–Trinajstić information content (AvgIpc) is 2.95. The van der Waals surface area contributed by atoms with Crippen LogP contribution < -0.4 is 4.72 Å². The Morgan fingerprint density at radius 1 is 1.17 bits per heavy atom. The fourth-order valence-electron chi connectivity index (χ4n) is 2.32. The molecule has 0 amide bonds. The lowest BCUT2D eigenvalue weighted by molar-refractivity contribution is 0.579. The van der Waals surface area contributed by atoms with Crippen molar-refractivity contribution in [3.8, 4) is 11.3 Å². The van der Waals surface area contributed by atoms with Crippen molar-refractivity contribution in [2.24, 2.45) is 7.05 Å². The van der Waals surface area contributed by atoms with E-state index in [4.69, 9.17) is 11.6 Å². The third-order valence-electron chi connectivity index (χ3n) is 3.48. The van der Waals surface area contributed by atoms with Gasteiger partial charge in [0.05, 0.1) is 23.0 Å². The van der Waals surface area contributed by atoms with Crippen molar-refractivity contribution in [1.82, 2.24) is 19.5 Å². The summed E-state index contributed by atoms with van der Waals surface area (Å²) in [7, 11) is -1.89. The van der Waals surface area contributed by atoms with Crippen LogP contribution in [0.25, 0.3) is 11.3 Å². The van der Waals surface area contributed by atoms with Crippen molar-refractivity contribution in [3.05, 3.63) is 65.6 Å². The van der Waals surface area contributed by atoms with Crippen LogP contribution in [0.2, 0.25) is 5.02 Å². The molecule has 8 heteroatoms. The summed E-state index contributed by atoms with van der Waals surface area (Å²) >= 11 is 5.96. The third kappa shape index (κ3) is 3.48. The molecular formula is C16H15ClN4O2S. The number of nitrogens with zero attached hydrogens (tertiary/aromatic N) is 3. The Labute approximate surface area is 145 Å². The zero-order valence-electron chi connectivity index (χ0n) is 12.8. The summed E-state index contributed by atoms with van der Waals surface area (Å²) in [6.07, 6.45) is 3.39. The van der Waals surface area contributed by atoms with Gasteiger partial charge in [0, 0.05) is 25.0 Å². The van der Waals surface area contributed by atoms with E-state index in [-0.39, 0.29) is 16.5 Å². The van der Waals surface area contributed by atoms with Gasteiger partial charge in [-0.3, -0.25) is 9.67 Å². The first kappa shape index (κ1) is 16.6. The average molecular weight is 363 g/mol. The summed E-state index contributed by atoms with van der Waals surface area (Å²) in [4.78, 5) is 4.04. The number of benzene rings is 1. The smallest absolute Gasteiger partial charge is 0.242 e. The van der Waals surface area contributed by atoms with Crippen molar-refractivity contribution in [1.29, 1.82) is 0 Å². The minimum Gasteiger partial charge on any atom is -0.268 e. The van der Waals surface area contributed by atoms with Crippen molar-refractivity contribution < 1.29 is 8.42 Å². The minimum atomic E-state index is -3.70. The van der Waals surface area contributed by atoms with Gasteiger partial charge in [0.1, 0.15) is 4.90 Å². The largest absolute Gasteiger partial charge is 0.268 e. The van der Waals surface area contributed by atoms with Crippen molar-refractivity contribution >= 4 is 21.6 Å². The Balaban J connectivity index is 1.80. The topological polar surface area (TPSA) is 76.9 Å². The molecule has 3 aromatic rings. The first-order valence-corrected chi connectivity index (χ1v) is 9.01. The lowest BCUT2D eigenvalue weighted by Crippen LogP contribution is -2.23. The Bertz CT molecular complexity index is 955. The Hall–Kier alpha value is -2.22. The number of nitrogens with one attached hydrogen (secondary N) is 1. The Kier molecular flexibility index (Phi) is 4.66. The number of rotatable bonds is 5. The lowest BCUT2D eigenvalue weighted by Gasteiger charge is -2.06. The van der Waals surface area contributed by atoms with E-state index in [0.29, 0.717) is 5.69 Å². The predicted octanol–water partition coefficient (Wildman–Crippen LogP) is 2.61. The van der Waals surface area contributed by atoms with Gasteiger partial charge in [-0.2, -0.15) is 5.10 Å². The molecule has 0 radical (unpaired) electrons. The molecule has 124 valence electrons. The Morgan fingerprint density at radius 3 is 2.58 bits per heavy atom. The van der Waals surface area contributed by atoms with E-state index in [1.54, 1.807) is 35.3 Å². The number of pyridine rings is 1. The van der Waals surface area contributed by atoms with Gasteiger partial charge < -0.3 is 0 Å². The van der Waals surface area contributed by atoms with Crippen molar-refractivity contribution in [3.63, 3.8) is 0 Å². The molecule has 0 spiro atoms. The predicted molar refractivity (Wildman–Crippen MR) is 91.9 cm³/mol. The van der Waals surface area contributed by atoms with Gasteiger partial charge in [-0.1, -0.05) is 23.7 Å². The van der Waals surface area contributed by atoms with Crippen LogP contribution in [0, 0.1) is 0 Å². The second kappa shape index (κ2) is 6.72. The van der Waals surface area contributed by atoms with Crippen LogP contribution in [0.1, 0.15) is 5.69 Å². The van der Waals surface area contributed by atoms with Gasteiger partial charge in [0.25, 0.3) is 0 Å². The molecule has 1 N–H and O–H groups in total. The summed E-state index contributed by atoms with van der Waals surface area (Å²) in [5.74, 6) is 0. The summed E-state index contributed by atoms with van der Waals surface area (Å²) in [6.45, 7) is 0.0759. The summed E-state index contributed by atoms with van der Waals surface area (Å²) in [6, 6.07) is 11.9. The van der Waals surface area contributed by atoms with E-state index < -0.39 is 10.0 Å². The zero-order valence-corrected chi connectivity index (χ0v) is 14.4. The summed E-state index contributed by atoms with van der Waals surface area (Å²) in [5.41, 5.74) is 2.45. The van der Waals surface area contributed by atoms with Crippen LogP contribution in [0.5, 0.6) is 0 Å². The number of aromatic nitrogens is 3. The highest BCUT2D eigenvalue weighted by Gasteiger charge is 2.18. The van der Waals surface area contributed by atoms with Gasteiger partial charge in [0.15, 0.2) is 0 Å². The highest BCUT2D eigenvalue weighted by Crippen LogP contribution is 2.21. The summed E-state index contributed by atoms with van der Waals surface area (Å²) < 4.78 is 28.9. The molecule has 0 saturated carbocycles. The van der Waals surface area contributed by atoms with Gasteiger partial charge in [-0.05, 0) is 30.3 Å². The fourth-order valence-corrected chi connectivity index (χ4v) is 3.83. The highest BCUT2D eigenvalue weighted by molar-refractivity contribution is 7.89. The molecule has 0 fully saturated rings. The number of hydrogen-bond donors (Lipinski definition) is 1. The monoisotopic (exact) mass is 362 g/mol. The first-order chi connectivity index (χ1) is 11.5. The molecule has 6 nitrogen and oxygen atoms in total. The zero-order chi connectivity index (χ0) is 17.2. The van der Waals surface area contributed by atoms with E-state index >= 15 is 0 Å². The molecule has 0 aliphatic heterocycles. The van der Waals surface area contributed by atoms with E-state index in [1.165, 1.54) is 6.07 Å². The second-order valence-electron chi connectivity index (χ2n) is 5.14. The molecule has 0 aliphatic carbocycles. The standard InChI is InChI=1S/C16H15ClN4O2S/c1-21-15(12-6-8-18-9-7-12)10-13(20-21)11-19-24(22,23)16-5-3-2-4-14(16)17/h2-10,19H,11H2,1H3. The van der Waals surface area contributed by atoms with Crippen molar-refractivity contribution in [2.45, 2.75) is 11.4 Å². The van der Waals surface area contributed by atoms with Crippen LogP contribution in [0.4, 0.5) is 0 Å². The normalized spacial score (nSPS) is 11.6. The third-order valence-corrected chi connectivity index (χ3v) is 5.38. The molecule has 0 aliphatic rings. The van der Waals surface area contributed by atoms with E-state index in [2.05, 4.69) is 14.8 Å². The number of aryl methyl sites for hydroxylation is 1. The van der Waals surface area contributed by atoms with Crippen LogP contribution in [-0.2, 0) is 23.6 Å². The van der Waals surface area contributed by atoms with Gasteiger partial charge >= 0.3 is 0 Å². The molecule has 1 aromatic carbocycles. The highest BCUT2D eigenvalue weighted by atomic mass is 35.5. The van der Waals surface area contributed by atoms with Crippen LogP contribution in [0.3, 0.4) is 0 Å². The van der Waals surface area contributed by atoms with E-state index in [0.717, 1.165) is 11.3 Å². The first-order valence-electron chi connectivity index (χ1n) is 7.15. The molecule has 3 rings (SSSR count). The number of hydrogen-bond acceptors (Lipinski definition) is 4. The number of halogens is 1. The van der Waals surface area contributed by atoms with Gasteiger partial charge in [0.2, 0.25) is 10.0 Å². The fraction of sp³-hybridized carbons (Fsp3) is 0.125. The van der Waals surface area contributed by atoms with Crippen LogP contribution in [0.15, 0.2) is 59.8 Å². The molecule has 0 atom stereocenters. The maximum Gasteiger partial charge on any atom is 0.242 e. The molecule has 24 heavy (non-hydrogen) atoms. The molecule has 2 heterocycles.